The Labute approximate surface area is 129 Å². The van der Waals surface area contributed by atoms with Gasteiger partial charge in [0.05, 0.1) is 11.9 Å². The number of pyridine rings is 1. The molecule has 0 radical (unpaired) electrons. The fourth-order valence-corrected chi connectivity index (χ4v) is 2.92. The summed E-state index contributed by atoms with van der Waals surface area (Å²) in [5.74, 6) is 1.43. The fourth-order valence-electron chi connectivity index (χ4n) is 2.92. The van der Waals surface area contributed by atoms with Gasteiger partial charge in [0.25, 0.3) is 0 Å². The van der Waals surface area contributed by atoms with Crippen molar-refractivity contribution in [2.24, 2.45) is 0 Å². The Bertz CT molecular complexity index is 544. The van der Waals surface area contributed by atoms with Gasteiger partial charge in [-0.1, -0.05) is 0 Å². The van der Waals surface area contributed by atoms with Gasteiger partial charge in [0.1, 0.15) is 18.8 Å². The largest absolute Gasteiger partial charge is 0.486 e. The van der Waals surface area contributed by atoms with Crippen molar-refractivity contribution in [1.29, 1.82) is 0 Å². The highest BCUT2D eigenvalue weighted by Crippen LogP contribution is 2.29. The highest BCUT2D eigenvalue weighted by molar-refractivity contribution is 5.86. The van der Waals surface area contributed by atoms with E-state index in [9.17, 15) is 4.79 Å². The Hall–Kier alpha value is -1.86. The number of aromatic nitrogens is 1. The highest BCUT2D eigenvalue weighted by atomic mass is 16.6. The standard InChI is InChI=1S/C15H22N4O3/c1-16-14(20)15(2-4-17-5-3-15)19-9-11-8-12-13(10-18-11)22-7-6-21-12/h8,10,17,19H,2-7,9H2,1H3,(H,16,20). The average molecular weight is 306 g/mol. The third-order valence-corrected chi connectivity index (χ3v) is 4.21. The zero-order valence-corrected chi connectivity index (χ0v) is 12.8. The number of amides is 1. The Morgan fingerprint density at radius 2 is 2.05 bits per heavy atom. The minimum Gasteiger partial charge on any atom is -0.486 e. The van der Waals surface area contributed by atoms with Crippen molar-refractivity contribution in [2.45, 2.75) is 24.9 Å². The zero-order chi connectivity index (χ0) is 15.4. The van der Waals surface area contributed by atoms with E-state index in [1.807, 2.05) is 6.07 Å². The summed E-state index contributed by atoms with van der Waals surface area (Å²) >= 11 is 0. The quantitative estimate of drug-likeness (QED) is 0.715. The highest BCUT2D eigenvalue weighted by Gasteiger charge is 2.38. The van der Waals surface area contributed by atoms with Crippen molar-refractivity contribution in [3.63, 3.8) is 0 Å². The lowest BCUT2D eigenvalue weighted by atomic mass is 9.87. The van der Waals surface area contributed by atoms with Gasteiger partial charge in [0.2, 0.25) is 5.91 Å². The van der Waals surface area contributed by atoms with Gasteiger partial charge in [-0.25, -0.2) is 0 Å². The predicted molar refractivity (Wildman–Crippen MR) is 81.0 cm³/mol. The summed E-state index contributed by atoms with van der Waals surface area (Å²) in [6, 6.07) is 1.88. The van der Waals surface area contributed by atoms with E-state index in [0.29, 0.717) is 25.5 Å². The van der Waals surface area contributed by atoms with Crippen LogP contribution in [0.2, 0.25) is 0 Å². The van der Waals surface area contributed by atoms with Gasteiger partial charge in [0, 0.05) is 19.7 Å². The van der Waals surface area contributed by atoms with E-state index in [4.69, 9.17) is 9.47 Å². The first kappa shape index (κ1) is 15.1. The van der Waals surface area contributed by atoms with Crippen molar-refractivity contribution in [3.8, 4) is 11.5 Å². The number of carbonyl (C=O) groups is 1. The van der Waals surface area contributed by atoms with Crippen molar-refractivity contribution < 1.29 is 14.3 Å². The average Bonchev–Trinajstić information content (AvgIpc) is 2.60. The second-order valence-corrected chi connectivity index (χ2v) is 5.58. The maximum atomic E-state index is 12.3. The molecule has 0 aromatic carbocycles. The maximum absolute atomic E-state index is 12.3. The third kappa shape index (κ3) is 3.00. The second kappa shape index (κ2) is 6.50. The van der Waals surface area contributed by atoms with E-state index in [2.05, 4.69) is 20.9 Å². The molecule has 2 aliphatic rings. The molecule has 3 N–H and O–H groups in total. The van der Waals surface area contributed by atoms with Crippen molar-refractivity contribution in [1.82, 2.24) is 20.9 Å². The topological polar surface area (TPSA) is 84.5 Å². The Balaban J connectivity index is 1.70. The molecule has 1 aromatic heterocycles. The van der Waals surface area contributed by atoms with Gasteiger partial charge >= 0.3 is 0 Å². The van der Waals surface area contributed by atoms with Crippen molar-refractivity contribution in [2.75, 3.05) is 33.4 Å². The lowest BCUT2D eigenvalue weighted by Gasteiger charge is -2.36. The number of piperidine rings is 1. The smallest absolute Gasteiger partial charge is 0.240 e. The van der Waals surface area contributed by atoms with Crippen LogP contribution in [0.25, 0.3) is 0 Å². The van der Waals surface area contributed by atoms with E-state index < -0.39 is 5.54 Å². The van der Waals surface area contributed by atoms with Gasteiger partial charge in [-0.3, -0.25) is 15.1 Å². The maximum Gasteiger partial charge on any atom is 0.240 e. The molecule has 1 aromatic rings. The van der Waals surface area contributed by atoms with E-state index in [1.165, 1.54) is 0 Å². The van der Waals surface area contributed by atoms with Crippen molar-refractivity contribution in [3.05, 3.63) is 18.0 Å². The summed E-state index contributed by atoms with van der Waals surface area (Å²) in [5, 5.41) is 9.45. The van der Waals surface area contributed by atoms with Gasteiger partial charge in [-0.05, 0) is 25.9 Å². The van der Waals surface area contributed by atoms with Crippen LogP contribution in [-0.2, 0) is 11.3 Å². The molecule has 3 heterocycles. The number of nitrogens with one attached hydrogen (secondary N) is 3. The second-order valence-electron chi connectivity index (χ2n) is 5.58. The van der Waals surface area contributed by atoms with Crippen LogP contribution in [0.15, 0.2) is 12.3 Å². The van der Waals surface area contributed by atoms with Crippen molar-refractivity contribution >= 4 is 5.91 Å². The molecule has 0 spiro atoms. The number of hydrogen-bond donors (Lipinski definition) is 3. The first-order chi connectivity index (χ1) is 10.7. The summed E-state index contributed by atoms with van der Waals surface area (Å²) < 4.78 is 11.0. The van der Waals surface area contributed by atoms with Crippen LogP contribution in [0, 0.1) is 0 Å². The molecular formula is C15H22N4O3. The number of nitrogens with zero attached hydrogens (tertiary/aromatic N) is 1. The minimum absolute atomic E-state index is 0.0338. The SMILES string of the molecule is CNC(=O)C1(NCc2cc3c(cn2)OCCO3)CCNCC1. The van der Waals surface area contributed by atoms with Gasteiger partial charge < -0.3 is 20.1 Å². The first-order valence-electron chi connectivity index (χ1n) is 7.66. The van der Waals surface area contributed by atoms with Gasteiger partial charge in [-0.15, -0.1) is 0 Å². The molecule has 0 atom stereocenters. The number of carbonyl (C=O) groups excluding carboxylic acids is 1. The van der Waals surface area contributed by atoms with E-state index in [0.717, 1.165) is 37.4 Å². The summed E-state index contributed by atoms with van der Waals surface area (Å²) in [6.45, 7) is 3.28. The lowest BCUT2D eigenvalue weighted by molar-refractivity contribution is -0.128. The molecular weight excluding hydrogens is 284 g/mol. The summed E-state index contributed by atoms with van der Waals surface area (Å²) in [6.07, 6.45) is 3.20. The first-order valence-corrected chi connectivity index (χ1v) is 7.66. The summed E-state index contributed by atoms with van der Waals surface area (Å²) in [5.41, 5.74) is 0.306. The minimum atomic E-state index is -0.533. The number of likely N-dealkylation sites (N-methyl/N-ethyl adjacent to an activating group) is 1. The van der Waals surface area contributed by atoms with Crippen LogP contribution in [0.4, 0.5) is 0 Å². The monoisotopic (exact) mass is 306 g/mol. The molecule has 22 heavy (non-hydrogen) atoms. The van der Waals surface area contributed by atoms with Crippen LogP contribution in [0.1, 0.15) is 18.5 Å². The fraction of sp³-hybridized carbons (Fsp3) is 0.600. The number of ether oxygens (including phenoxy) is 2. The number of hydrogen-bond acceptors (Lipinski definition) is 6. The molecule has 0 saturated carbocycles. The molecule has 1 fully saturated rings. The van der Waals surface area contributed by atoms with Crippen LogP contribution in [0.3, 0.4) is 0 Å². The number of fused-ring (bicyclic) bond motifs is 1. The molecule has 1 saturated heterocycles. The molecule has 1 amide bonds. The van der Waals surface area contributed by atoms with Gasteiger partial charge in [-0.2, -0.15) is 0 Å². The Kier molecular flexibility index (Phi) is 4.44. The predicted octanol–water partition coefficient (Wildman–Crippen LogP) is -0.189. The summed E-state index contributed by atoms with van der Waals surface area (Å²) in [7, 11) is 1.68. The van der Waals surface area contributed by atoms with Gasteiger partial charge in [0.15, 0.2) is 11.5 Å². The number of rotatable bonds is 4. The van der Waals surface area contributed by atoms with E-state index >= 15 is 0 Å². The van der Waals surface area contributed by atoms with E-state index in [-0.39, 0.29) is 5.91 Å². The molecule has 0 unspecified atom stereocenters. The van der Waals surface area contributed by atoms with Crippen LogP contribution in [0.5, 0.6) is 11.5 Å². The molecule has 2 aliphatic heterocycles. The van der Waals surface area contributed by atoms with E-state index in [1.54, 1.807) is 13.2 Å². The summed E-state index contributed by atoms with van der Waals surface area (Å²) in [4.78, 5) is 16.7. The van der Waals surface area contributed by atoms with Crippen LogP contribution < -0.4 is 25.4 Å². The van der Waals surface area contributed by atoms with Crippen LogP contribution in [-0.4, -0.2) is 49.8 Å². The molecule has 7 nitrogen and oxygen atoms in total. The normalized spacial score (nSPS) is 19.5. The Morgan fingerprint density at radius 1 is 1.32 bits per heavy atom. The zero-order valence-electron chi connectivity index (χ0n) is 12.8. The third-order valence-electron chi connectivity index (χ3n) is 4.21. The molecule has 120 valence electrons. The molecule has 0 bridgehead atoms. The lowest BCUT2D eigenvalue weighted by Crippen LogP contribution is -2.60. The molecule has 3 rings (SSSR count). The Morgan fingerprint density at radius 3 is 2.77 bits per heavy atom. The molecule has 0 aliphatic carbocycles. The molecule has 7 heteroatoms. The van der Waals surface area contributed by atoms with Crippen LogP contribution >= 0.6 is 0 Å².